The lowest BCUT2D eigenvalue weighted by molar-refractivity contribution is -0.123. The van der Waals surface area contributed by atoms with Crippen LogP contribution in [0.5, 0.6) is 17.2 Å². The minimum atomic E-state index is -0.395. The van der Waals surface area contributed by atoms with Gasteiger partial charge in [-0.3, -0.25) is 4.79 Å². The summed E-state index contributed by atoms with van der Waals surface area (Å²) in [4.78, 5) is 12.1. The number of hydrogen-bond acceptors (Lipinski definition) is 5. The number of amides is 1. The molecule has 2 N–H and O–H groups in total. The Hall–Kier alpha value is -3.32. The zero-order chi connectivity index (χ0) is 20.6. The zero-order valence-corrected chi connectivity index (χ0v) is 17.2. The molecule has 0 saturated carbocycles. The third-order valence-corrected chi connectivity index (χ3v) is 4.61. The third kappa shape index (κ3) is 5.36. The van der Waals surface area contributed by atoms with Gasteiger partial charge in [-0.25, -0.2) is 5.43 Å². The molecule has 0 atom stereocenters. The largest absolute Gasteiger partial charge is 0.503 e. The highest BCUT2D eigenvalue weighted by Crippen LogP contribution is 2.34. The Morgan fingerprint density at radius 2 is 1.83 bits per heavy atom. The molecule has 0 aliphatic carbocycles. The topological polar surface area (TPSA) is 80.2 Å². The standard InChI is InChI=1S/C22H19BrN2O4/c1-28-20-12-15(11-18(23)22(20)27)13-24-25-21(26)14-29-19-10-6-5-9-17(19)16-7-3-2-4-8-16/h2-13,27H,14H2,1H3,(H,25,26)/b24-13+. The van der Waals surface area contributed by atoms with E-state index >= 15 is 0 Å². The first-order valence-corrected chi connectivity index (χ1v) is 9.53. The Morgan fingerprint density at radius 3 is 2.59 bits per heavy atom. The number of hydrogen-bond donors (Lipinski definition) is 2. The van der Waals surface area contributed by atoms with E-state index in [1.807, 2.05) is 54.6 Å². The van der Waals surface area contributed by atoms with E-state index in [9.17, 15) is 9.90 Å². The summed E-state index contributed by atoms with van der Waals surface area (Å²) in [5.41, 5.74) is 4.98. The van der Waals surface area contributed by atoms with Gasteiger partial charge in [-0.05, 0) is 45.3 Å². The molecule has 0 unspecified atom stereocenters. The molecule has 0 radical (unpaired) electrons. The van der Waals surface area contributed by atoms with Crippen molar-refractivity contribution < 1.29 is 19.4 Å². The summed E-state index contributed by atoms with van der Waals surface area (Å²) < 4.78 is 11.2. The molecular weight excluding hydrogens is 436 g/mol. The second-order valence-corrected chi connectivity index (χ2v) is 6.85. The van der Waals surface area contributed by atoms with Crippen LogP contribution in [0.2, 0.25) is 0 Å². The van der Waals surface area contributed by atoms with Gasteiger partial charge >= 0.3 is 0 Å². The number of halogens is 1. The number of carbonyl (C=O) groups is 1. The number of rotatable bonds is 7. The Morgan fingerprint density at radius 1 is 1.10 bits per heavy atom. The third-order valence-electron chi connectivity index (χ3n) is 4.00. The number of benzene rings is 3. The molecule has 3 aromatic rings. The summed E-state index contributed by atoms with van der Waals surface area (Å²) in [6.07, 6.45) is 1.45. The lowest BCUT2D eigenvalue weighted by Crippen LogP contribution is -2.24. The predicted molar refractivity (Wildman–Crippen MR) is 115 cm³/mol. The van der Waals surface area contributed by atoms with Crippen molar-refractivity contribution in [2.45, 2.75) is 0 Å². The second kappa shape index (κ2) is 9.75. The number of nitrogens with one attached hydrogen (secondary N) is 1. The Bertz CT molecular complexity index is 1020. The van der Waals surface area contributed by atoms with E-state index in [2.05, 4.69) is 26.5 Å². The molecule has 29 heavy (non-hydrogen) atoms. The van der Waals surface area contributed by atoms with E-state index in [0.717, 1.165) is 11.1 Å². The van der Waals surface area contributed by atoms with Crippen LogP contribution < -0.4 is 14.9 Å². The lowest BCUT2D eigenvalue weighted by Gasteiger charge is -2.11. The Kier molecular flexibility index (Phi) is 6.86. The molecule has 148 valence electrons. The van der Waals surface area contributed by atoms with Gasteiger partial charge in [0.1, 0.15) is 5.75 Å². The molecule has 1 amide bonds. The van der Waals surface area contributed by atoms with Crippen LogP contribution >= 0.6 is 15.9 Å². The molecule has 0 fully saturated rings. The number of carbonyl (C=O) groups excluding carboxylic acids is 1. The summed E-state index contributed by atoms with van der Waals surface area (Å²) >= 11 is 3.24. The maximum atomic E-state index is 12.1. The first-order valence-electron chi connectivity index (χ1n) is 8.74. The number of hydrazone groups is 1. The molecule has 0 spiro atoms. The Balaban J connectivity index is 1.60. The highest BCUT2D eigenvalue weighted by atomic mass is 79.9. The van der Waals surface area contributed by atoms with E-state index in [0.29, 0.717) is 21.5 Å². The molecule has 0 aromatic heterocycles. The van der Waals surface area contributed by atoms with Crippen molar-refractivity contribution in [2.75, 3.05) is 13.7 Å². The predicted octanol–water partition coefficient (Wildman–Crippen LogP) is 4.36. The van der Waals surface area contributed by atoms with E-state index in [-0.39, 0.29) is 12.4 Å². The minimum Gasteiger partial charge on any atom is -0.503 e. The summed E-state index contributed by atoms with van der Waals surface area (Å²) in [6, 6.07) is 20.6. The smallest absolute Gasteiger partial charge is 0.277 e. The quantitative estimate of drug-likeness (QED) is 0.410. The van der Waals surface area contributed by atoms with Gasteiger partial charge in [-0.15, -0.1) is 0 Å². The first-order chi connectivity index (χ1) is 14.1. The van der Waals surface area contributed by atoms with E-state index < -0.39 is 5.91 Å². The second-order valence-electron chi connectivity index (χ2n) is 6.00. The number of nitrogens with zero attached hydrogens (tertiary/aromatic N) is 1. The van der Waals surface area contributed by atoms with Crippen molar-refractivity contribution >= 4 is 28.1 Å². The van der Waals surface area contributed by atoms with E-state index in [1.165, 1.54) is 13.3 Å². The number of phenolic OH excluding ortho intramolecular Hbond substituents is 1. The number of para-hydroxylation sites is 1. The highest BCUT2D eigenvalue weighted by Gasteiger charge is 2.09. The summed E-state index contributed by atoms with van der Waals surface area (Å²) in [5.74, 6) is 0.520. The van der Waals surface area contributed by atoms with Gasteiger partial charge < -0.3 is 14.6 Å². The van der Waals surface area contributed by atoms with Gasteiger partial charge in [0.2, 0.25) is 0 Å². The van der Waals surface area contributed by atoms with Crippen molar-refractivity contribution in [2.24, 2.45) is 5.10 Å². The highest BCUT2D eigenvalue weighted by molar-refractivity contribution is 9.10. The van der Waals surface area contributed by atoms with E-state index in [1.54, 1.807) is 12.1 Å². The van der Waals surface area contributed by atoms with Gasteiger partial charge in [-0.1, -0.05) is 48.5 Å². The average Bonchev–Trinajstić information content (AvgIpc) is 2.75. The van der Waals surface area contributed by atoms with Gasteiger partial charge in [0, 0.05) is 5.56 Å². The minimum absolute atomic E-state index is 0.000771. The molecule has 3 rings (SSSR count). The molecule has 0 saturated heterocycles. The maximum Gasteiger partial charge on any atom is 0.277 e. The first kappa shape index (κ1) is 20.4. The van der Waals surface area contributed by atoms with Crippen LogP contribution in [0.1, 0.15) is 5.56 Å². The number of aromatic hydroxyl groups is 1. The normalized spacial score (nSPS) is 10.7. The fraction of sp³-hybridized carbons (Fsp3) is 0.0909. The van der Waals surface area contributed by atoms with Crippen LogP contribution in [0.4, 0.5) is 0 Å². The molecule has 0 aliphatic heterocycles. The fourth-order valence-electron chi connectivity index (χ4n) is 2.63. The SMILES string of the molecule is COc1cc(/C=N/NC(=O)COc2ccccc2-c2ccccc2)cc(Br)c1O. The van der Waals surface area contributed by atoms with Crippen LogP contribution in [-0.2, 0) is 4.79 Å². The average molecular weight is 455 g/mol. The van der Waals surface area contributed by atoms with E-state index in [4.69, 9.17) is 9.47 Å². The van der Waals surface area contributed by atoms with Crippen molar-refractivity contribution in [1.82, 2.24) is 5.43 Å². The molecule has 0 bridgehead atoms. The van der Waals surface area contributed by atoms with Crippen molar-refractivity contribution in [3.63, 3.8) is 0 Å². The molecule has 3 aromatic carbocycles. The molecule has 7 heteroatoms. The van der Waals surface area contributed by atoms with Crippen molar-refractivity contribution in [3.8, 4) is 28.4 Å². The lowest BCUT2D eigenvalue weighted by atomic mass is 10.1. The van der Waals surface area contributed by atoms with Crippen LogP contribution in [0, 0.1) is 0 Å². The summed E-state index contributed by atoms with van der Waals surface area (Å²) in [5, 5.41) is 13.7. The van der Waals surface area contributed by atoms with Crippen molar-refractivity contribution in [3.05, 3.63) is 76.8 Å². The van der Waals surface area contributed by atoms with Gasteiger partial charge in [0.15, 0.2) is 18.1 Å². The fourth-order valence-corrected chi connectivity index (χ4v) is 3.09. The van der Waals surface area contributed by atoms with Crippen LogP contribution in [0.25, 0.3) is 11.1 Å². The molecule has 0 heterocycles. The molecule has 0 aliphatic rings. The van der Waals surface area contributed by atoms with Gasteiger partial charge in [0.25, 0.3) is 5.91 Å². The number of methoxy groups -OCH3 is 1. The van der Waals surface area contributed by atoms with Crippen molar-refractivity contribution in [1.29, 1.82) is 0 Å². The summed E-state index contributed by atoms with van der Waals surface area (Å²) in [6.45, 7) is -0.177. The zero-order valence-electron chi connectivity index (χ0n) is 15.6. The van der Waals surface area contributed by atoms with Gasteiger partial charge in [-0.2, -0.15) is 5.10 Å². The van der Waals surface area contributed by atoms with Crippen LogP contribution in [0.15, 0.2) is 76.3 Å². The number of phenols is 1. The maximum absolute atomic E-state index is 12.1. The number of ether oxygens (including phenoxy) is 2. The Labute approximate surface area is 176 Å². The monoisotopic (exact) mass is 454 g/mol. The van der Waals surface area contributed by atoms with Crippen LogP contribution in [0.3, 0.4) is 0 Å². The summed E-state index contributed by atoms with van der Waals surface area (Å²) in [7, 11) is 1.45. The molecular formula is C22H19BrN2O4. The molecule has 6 nitrogen and oxygen atoms in total. The van der Waals surface area contributed by atoms with Crippen LogP contribution in [-0.4, -0.2) is 30.9 Å². The van der Waals surface area contributed by atoms with Gasteiger partial charge in [0.05, 0.1) is 17.8 Å².